The summed E-state index contributed by atoms with van der Waals surface area (Å²) in [6.07, 6.45) is 2.17. The Morgan fingerprint density at radius 3 is 1.22 bits per heavy atom. The molecule has 0 amide bonds. The second-order valence-electron chi connectivity index (χ2n) is 18.6. The maximum Gasteiger partial charge on any atom is 0.0547 e. The van der Waals surface area contributed by atoms with E-state index >= 15 is 0 Å². The third kappa shape index (κ3) is 7.00. The van der Waals surface area contributed by atoms with Crippen LogP contribution in [0.15, 0.2) is 279 Å². The largest absolute Gasteiger partial charge is 0.317 e. The van der Waals surface area contributed by atoms with Crippen LogP contribution in [0.4, 0.5) is 17.1 Å². The second kappa shape index (κ2) is 17.1. The van der Waals surface area contributed by atoms with Gasteiger partial charge in [-0.2, -0.15) is 0 Å². The van der Waals surface area contributed by atoms with Crippen molar-refractivity contribution in [2.24, 2.45) is 0 Å². The Bertz CT molecular complexity index is 4260. The Kier molecular flexibility index (Phi) is 9.82. The first-order chi connectivity index (χ1) is 35.7. The van der Waals surface area contributed by atoms with Crippen molar-refractivity contribution in [1.29, 1.82) is 0 Å². The van der Waals surface area contributed by atoms with E-state index in [0.717, 1.165) is 67.5 Å². The summed E-state index contributed by atoms with van der Waals surface area (Å²) >= 11 is 0. The molecule has 0 bridgehead atoms. The van der Waals surface area contributed by atoms with Crippen LogP contribution in [0.5, 0.6) is 0 Å². The van der Waals surface area contributed by atoms with E-state index in [9.17, 15) is 0 Å². The highest BCUT2D eigenvalue weighted by Gasteiger charge is 2.19. The maximum absolute atomic E-state index is 2.44. The molecular formula is C68H46N4. The molecule has 11 aromatic carbocycles. The minimum absolute atomic E-state index is 1.10. The zero-order chi connectivity index (χ0) is 47.5. The van der Waals surface area contributed by atoms with Gasteiger partial charge in [0.15, 0.2) is 0 Å². The highest BCUT2D eigenvalue weighted by molar-refractivity contribution is 6.12. The van der Waals surface area contributed by atoms with Gasteiger partial charge in [0.05, 0.1) is 27.6 Å². The van der Waals surface area contributed by atoms with Crippen molar-refractivity contribution in [3.8, 4) is 50.4 Å². The molecule has 4 heteroatoms. The summed E-state index contributed by atoms with van der Waals surface area (Å²) in [5.74, 6) is 0. The van der Waals surface area contributed by atoms with E-state index in [4.69, 9.17) is 0 Å². The van der Waals surface area contributed by atoms with Crippen molar-refractivity contribution in [2.45, 2.75) is 0 Å². The van der Waals surface area contributed by atoms with E-state index in [0.29, 0.717) is 0 Å². The normalized spacial score (nSPS) is 11.6. The SMILES string of the molecule is c1ccc(N(c2ccccc2)c2ccc(-c3cc(-c4ccc5c6ccccc6n(-c6ccccc6)c5c4)cc(-c4ccc5c6ccccc6n(-c6ccc7c(ccn7-c7ccccc7)c6)c5c4)c3)cc2)cc1. The summed E-state index contributed by atoms with van der Waals surface area (Å²) in [7, 11) is 0. The van der Waals surface area contributed by atoms with Crippen LogP contribution in [0.1, 0.15) is 0 Å². The zero-order valence-corrected chi connectivity index (χ0v) is 39.3. The molecular weight excluding hydrogens is 873 g/mol. The maximum atomic E-state index is 2.44. The molecule has 4 nitrogen and oxygen atoms in total. The van der Waals surface area contributed by atoms with E-state index in [-0.39, 0.29) is 0 Å². The average molecular weight is 919 g/mol. The monoisotopic (exact) mass is 918 g/mol. The standard InChI is InChI=1S/C68H46N4/c1-5-17-54(18-6-1)69-40-39-50-44-59(35-38-64(50)69)72-66-28-16-14-26-61(66)63-37-32-49(46-68(63)72)53-42-51(47-29-33-58(34-30-47)70(55-19-7-2-8-20-55)56-21-9-3-10-22-56)41-52(43-53)48-31-36-62-60-25-13-15-27-65(60)71(67(62)45-48)57-23-11-4-12-24-57/h1-46H. The van der Waals surface area contributed by atoms with Gasteiger partial charge >= 0.3 is 0 Å². The average Bonchev–Trinajstić information content (AvgIpc) is 4.14. The van der Waals surface area contributed by atoms with E-state index in [1.165, 1.54) is 54.5 Å². The molecule has 14 rings (SSSR count). The van der Waals surface area contributed by atoms with Gasteiger partial charge in [-0.15, -0.1) is 0 Å². The number of hydrogen-bond donors (Lipinski definition) is 0. The van der Waals surface area contributed by atoms with Crippen molar-refractivity contribution >= 4 is 71.6 Å². The molecule has 0 aliphatic rings. The topological polar surface area (TPSA) is 18.0 Å². The fraction of sp³-hybridized carbons (Fsp3) is 0. The van der Waals surface area contributed by atoms with E-state index in [2.05, 4.69) is 298 Å². The highest BCUT2D eigenvalue weighted by Crippen LogP contribution is 2.42. The molecule has 0 aliphatic carbocycles. The Hall–Kier alpha value is -9.64. The van der Waals surface area contributed by atoms with Crippen LogP contribution in [0.3, 0.4) is 0 Å². The van der Waals surface area contributed by atoms with Crippen molar-refractivity contribution in [1.82, 2.24) is 13.7 Å². The van der Waals surface area contributed by atoms with Crippen LogP contribution < -0.4 is 4.90 Å². The van der Waals surface area contributed by atoms with Crippen LogP contribution in [0, 0.1) is 0 Å². The molecule has 0 saturated heterocycles. The third-order valence-electron chi connectivity index (χ3n) is 14.4. The predicted molar refractivity (Wildman–Crippen MR) is 303 cm³/mol. The number of fused-ring (bicyclic) bond motifs is 7. The molecule has 14 aromatic rings. The van der Waals surface area contributed by atoms with Crippen LogP contribution in [-0.2, 0) is 0 Å². The molecule has 0 spiro atoms. The molecule has 0 saturated carbocycles. The zero-order valence-electron chi connectivity index (χ0n) is 39.3. The minimum Gasteiger partial charge on any atom is -0.317 e. The van der Waals surface area contributed by atoms with Gasteiger partial charge in [-0.3, -0.25) is 0 Å². The quantitative estimate of drug-likeness (QED) is 0.141. The van der Waals surface area contributed by atoms with Gasteiger partial charge in [-0.1, -0.05) is 146 Å². The highest BCUT2D eigenvalue weighted by atomic mass is 15.1. The number of benzene rings is 11. The van der Waals surface area contributed by atoms with Gasteiger partial charge in [0.2, 0.25) is 0 Å². The fourth-order valence-electron chi connectivity index (χ4n) is 11.0. The molecule has 0 unspecified atom stereocenters. The first-order valence-corrected chi connectivity index (χ1v) is 24.7. The van der Waals surface area contributed by atoms with Gasteiger partial charge in [0.1, 0.15) is 0 Å². The van der Waals surface area contributed by atoms with Gasteiger partial charge in [0, 0.05) is 67.3 Å². The molecule has 72 heavy (non-hydrogen) atoms. The van der Waals surface area contributed by atoms with E-state index in [1.54, 1.807) is 0 Å². The molecule has 3 heterocycles. The lowest BCUT2D eigenvalue weighted by atomic mass is 9.92. The van der Waals surface area contributed by atoms with Crippen molar-refractivity contribution in [2.75, 3.05) is 4.90 Å². The summed E-state index contributed by atoms with van der Waals surface area (Å²) < 4.78 is 7.12. The van der Waals surface area contributed by atoms with Crippen molar-refractivity contribution in [3.63, 3.8) is 0 Å². The third-order valence-corrected chi connectivity index (χ3v) is 14.4. The lowest BCUT2D eigenvalue weighted by Crippen LogP contribution is -2.09. The first-order valence-electron chi connectivity index (χ1n) is 24.7. The van der Waals surface area contributed by atoms with Crippen LogP contribution >= 0.6 is 0 Å². The number of aromatic nitrogens is 3. The molecule has 0 N–H and O–H groups in total. The van der Waals surface area contributed by atoms with Gasteiger partial charge in [-0.05, 0) is 161 Å². The molecule has 338 valence electrons. The van der Waals surface area contributed by atoms with Crippen molar-refractivity contribution < 1.29 is 0 Å². The van der Waals surface area contributed by atoms with Crippen LogP contribution in [0.25, 0.3) is 105 Å². The van der Waals surface area contributed by atoms with E-state index in [1.807, 2.05) is 0 Å². The first kappa shape index (κ1) is 41.3. The second-order valence-corrected chi connectivity index (χ2v) is 18.6. The van der Waals surface area contributed by atoms with Crippen molar-refractivity contribution in [3.05, 3.63) is 279 Å². The fourth-order valence-corrected chi connectivity index (χ4v) is 11.0. The smallest absolute Gasteiger partial charge is 0.0547 e. The van der Waals surface area contributed by atoms with E-state index < -0.39 is 0 Å². The van der Waals surface area contributed by atoms with Gasteiger partial charge in [0.25, 0.3) is 0 Å². The van der Waals surface area contributed by atoms with Crippen LogP contribution in [-0.4, -0.2) is 13.7 Å². The van der Waals surface area contributed by atoms with Gasteiger partial charge < -0.3 is 18.6 Å². The summed E-state index contributed by atoms with van der Waals surface area (Å²) in [4.78, 5) is 2.32. The Balaban J connectivity index is 0.948. The number of nitrogens with zero attached hydrogens (tertiary/aromatic N) is 4. The number of rotatable bonds is 9. The molecule has 0 atom stereocenters. The molecule has 3 aromatic heterocycles. The minimum atomic E-state index is 1.10. The summed E-state index contributed by atoms with van der Waals surface area (Å²) in [6, 6.07) is 99.3. The number of anilines is 3. The number of hydrogen-bond acceptors (Lipinski definition) is 1. The molecule has 0 radical (unpaired) electrons. The Morgan fingerprint density at radius 1 is 0.236 bits per heavy atom. The Morgan fingerprint density at radius 2 is 0.667 bits per heavy atom. The van der Waals surface area contributed by atoms with Gasteiger partial charge in [-0.25, -0.2) is 0 Å². The predicted octanol–water partition coefficient (Wildman–Crippen LogP) is 18.3. The summed E-state index contributed by atoms with van der Waals surface area (Å²) in [6.45, 7) is 0. The summed E-state index contributed by atoms with van der Waals surface area (Å²) in [5.41, 5.74) is 19.6. The van der Waals surface area contributed by atoms with Crippen LogP contribution in [0.2, 0.25) is 0 Å². The lowest BCUT2D eigenvalue weighted by molar-refractivity contribution is 1.12. The molecule has 0 aliphatic heterocycles. The number of para-hydroxylation sites is 6. The Labute approximate surface area is 417 Å². The summed E-state index contributed by atoms with van der Waals surface area (Å²) in [5, 5.41) is 6.14. The lowest BCUT2D eigenvalue weighted by Gasteiger charge is -2.25. The molecule has 0 fully saturated rings.